The molecular weight excluding hydrogens is 621 g/mol. The second-order valence-corrected chi connectivity index (χ2v) is 13.9. The van der Waals surface area contributed by atoms with Crippen molar-refractivity contribution in [2.45, 2.75) is 76.9 Å². The highest BCUT2D eigenvalue weighted by molar-refractivity contribution is 7.80. The fourth-order valence-electron chi connectivity index (χ4n) is 8.13. The summed E-state index contributed by atoms with van der Waals surface area (Å²) in [5.74, 6) is 2.71. The van der Waals surface area contributed by atoms with Crippen molar-refractivity contribution in [3.8, 4) is 6.07 Å². The minimum absolute atomic E-state index is 0.0281. The zero-order valence-electron chi connectivity index (χ0n) is 26.2. The number of nitrogens with one attached hydrogen (secondary N) is 1. The molecule has 6 rings (SSSR count). The molecule has 5 aliphatic rings. The van der Waals surface area contributed by atoms with E-state index in [1.165, 1.54) is 44.2 Å². The summed E-state index contributed by atoms with van der Waals surface area (Å²) in [4.78, 5) is 40.7. The van der Waals surface area contributed by atoms with Crippen LogP contribution >= 0.6 is 12.2 Å². The smallest absolute Gasteiger partial charge is 0.417 e. The van der Waals surface area contributed by atoms with Crippen LogP contribution in [-0.2, 0) is 30.0 Å². The Morgan fingerprint density at radius 2 is 1.76 bits per heavy atom. The lowest BCUT2D eigenvalue weighted by Gasteiger charge is -2.54. The van der Waals surface area contributed by atoms with Gasteiger partial charge in [0, 0.05) is 25.9 Å². The number of anilines is 1. The van der Waals surface area contributed by atoms with Gasteiger partial charge in [0.2, 0.25) is 5.91 Å². The average molecular weight is 663 g/mol. The lowest BCUT2D eigenvalue weighted by molar-refractivity contribution is -0.150. The van der Waals surface area contributed by atoms with Gasteiger partial charge in [0.05, 0.1) is 36.1 Å². The van der Waals surface area contributed by atoms with Crippen LogP contribution in [0.15, 0.2) is 18.2 Å². The van der Waals surface area contributed by atoms with Crippen molar-refractivity contribution in [2.24, 2.45) is 29.6 Å². The van der Waals surface area contributed by atoms with E-state index < -0.39 is 28.7 Å². The molecule has 46 heavy (non-hydrogen) atoms. The van der Waals surface area contributed by atoms with Gasteiger partial charge < -0.3 is 19.7 Å². The predicted octanol–water partition coefficient (Wildman–Crippen LogP) is 5.21. The minimum Gasteiger partial charge on any atom is -0.463 e. The van der Waals surface area contributed by atoms with Gasteiger partial charge >= 0.3 is 12.1 Å². The summed E-state index contributed by atoms with van der Waals surface area (Å²) in [6, 6.07) is 4.57. The van der Waals surface area contributed by atoms with Gasteiger partial charge in [-0.05, 0) is 112 Å². The van der Waals surface area contributed by atoms with Gasteiger partial charge in [-0.2, -0.15) is 18.4 Å². The fraction of sp³-hybridized carbons (Fsp3) is 0.667. The van der Waals surface area contributed by atoms with Crippen molar-refractivity contribution in [1.29, 1.82) is 5.26 Å². The molecule has 1 saturated heterocycles. The fourth-order valence-corrected chi connectivity index (χ4v) is 8.64. The van der Waals surface area contributed by atoms with Gasteiger partial charge in [-0.25, -0.2) is 0 Å². The number of alkyl halides is 3. The molecular formula is C33H41F3N4O5S. The average Bonchev–Trinajstić information content (AvgIpc) is 3.16. The highest BCUT2D eigenvalue weighted by Crippen LogP contribution is 2.57. The number of benzene rings is 1. The van der Waals surface area contributed by atoms with Crippen molar-refractivity contribution in [1.82, 2.24) is 10.2 Å². The Kier molecular flexibility index (Phi) is 10.3. The zero-order chi connectivity index (χ0) is 33.2. The predicted molar refractivity (Wildman–Crippen MR) is 166 cm³/mol. The van der Waals surface area contributed by atoms with Crippen LogP contribution in [-0.4, -0.2) is 66.2 Å². The molecule has 0 spiro atoms. The van der Waals surface area contributed by atoms with E-state index in [0.717, 1.165) is 28.9 Å². The van der Waals surface area contributed by atoms with E-state index in [1.807, 2.05) is 0 Å². The molecule has 4 bridgehead atoms. The highest BCUT2D eigenvalue weighted by Gasteiger charge is 2.50. The van der Waals surface area contributed by atoms with Crippen LogP contribution < -0.4 is 10.2 Å². The van der Waals surface area contributed by atoms with E-state index in [0.29, 0.717) is 30.6 Å². The summed E-state index contributed by atoms with van der Waals surface area (Å²) < 4.78 is 51.5. The summed E-state index contributed by atoms with van der Waals surface area (Å²) in [6.07, 6.45) is 2.70. The Balaban J connectivity index is 0.978. The Hall–Kier alpha value is -3.24. The Bertz CT molecular complexity index is 1370. The number of halogens is 3. The number of amides is 2. The number of carbonyl (C=O) groups is 3. The van der Waals surface area contributed by atoms with Gasteiger partial charge in [-0.15, -0.1) is 0 Å². The SMILES string of the molecule is CC1(C)C(=O)N(c2ccc(C#N)c(C(F)(F)F)c2)C(=S)N1CCCC(=O)NCCOCCOC(=O)CC1C2CC3CC(C2)CC1C3. The molecule has 1 aliphatic heterocycles. The number of hydrogen-bond donors (Lipinski definition) is 1. The number of thiocarbonyl (C=S) groups is 1. The van der Waals surface area contributed by atoms with Crippen molar-refractivity contribution < 1.29 is 37.0 Å². The van der Waals surface area contributed by atoms with E-state index in [-0.39, 0.29) is 62.0 Å². The molecule has 9 nitrogen and oxygen atoms in total. The monoisotopic (exact) mass is 662 g/mol. The number of ether oxygens (including phenoxy) is 2. The molecule has 1 N–H and O–H groups in total. The van der Waals surface area contributed by atoms with Gasteiger partial charge in [-0.1, -0.05) is 0 Å². The summed E-state index contributed by atoms with van der Waals surface area (Å²) in [5, 5.41) is 11.9. The first kappa shape index (κ1) is 34.1. The Morgan fingerprint density at radius 1 is 1.09 bits per heavy atom. The van der Waals surface area contributed by atoms with Crippen LogP contribution in [0.25, 0.3) is 0 Å². The second-order valence-electron chi connectivity index (χ2n) is 13.6. The number of hydrogen-bond acceptors (Lipinski definition) is 7. The van der Waals surface area contributed by atoms with E-state index >= 15 is 0 Å². The van der Waals surface area contributed by atoms with Crippen LogP contribution in [0.4, 0.5) is 18.9 Å². The van der Waals surface area contributed by atoms with E-state index in [9.17, 15) is 27.6 Å². The normalized spacial score (nSPS) is 26.4. The van der Waals surface area contributed by atoms with Gasteiger partial charge in [0.15, 0.2) is 5.11 Å². The summed E-state index contributed by atoms with van der Waals surface area (Å²) >= 11 is 5.48. The van der Waals surface area contributed by atoms with E-state index in [4.69, 9.17) is 27.0 Å². The second kappa shape index (κ2) is 13.9. The Labute approximate surface area is 272 Å². The lowest BCUT2D eigenvalue weighted by atomic mass is 9.51. The maximum absolute atomic E-state index is 13.5. The maximum Gasteiger partial charge on any atom is 0.417 e. The lowest BCUT2D eigenvalue weighted by Crippen LogP contribution is -2.45. The largest absolute Gasteiger partial charge is 0.463 e. The molecule has 13 heteroatoms. The third kappa shape index (κ3) is 7.33. The van der Waals surface area contributed by atoms with E-state index in [2.05, 4.69) is 5.32 Å². The topological polar surface area (TPSA) is 112 Å². The first-order valence-corrected chi connectivity index (χ1v) is 16.5. The molecule has 1 aromatic rings. The third-order valence-electron chi connectivity index (χ3n) is 10.2. The molecule has 2 amide bonds. The van der Waals surface area contributed by atoms with Gasteiger partial charge in [0.25, 0.3) is 5.91 Å². The van der Waals surface area contributed by atoms with Crippen LogP contribution in [0.3, 0.4) is 0 Å². The molecule has 0 unspecified atom stereocenters. The van der Waals surface area contributed by atoms with Crippen molar-refractivity contribution in [3.63, 3.8) is 0 Å². The number of carbonyl (C=O) groups excluding carboxylic acids is 3. The first-order chi connectivity index (χ1) is 21.8. The quantitative estimate of drug-likeness (QED) is 0.174. The van der Waals surface area contributed by atoms with E-state index in [1.54, 1.807) is 18.7 Å². The molecule has 4 aliphatic carbocycles. The number of nitriles is 1. The molecule has 0 radical (unpaired) electrons. The van der Waals surface area contributed by atoms with Crippen LogP contribution in [0, 0.1) is 40.9 Å². The van der Waals surface area contributed by atoms with Crippen molar-refractivity contribution in [3.05, 3.63) is 29.3 Å². The van der Waals surface area contributed by atoms with Crippen LogP contribution in [0.5, 0.6) is 0 Å². The first-order valence-electron chi connectivity index (χ1n) is 16.1. The number of nitrogens with zero attached hydrogens (tertiary/aromatic N) is 3. The Morgan fingerprint density at radius 3 is 2.39 bits per heavy atom. The van der Waals surface area contributed by atoms with Crippen LogP contribution in [0.1, 0.15) is 76.3 Å². The van der Waals surface area contributed by atoms with Gasteiger partial charge in [0.1, 0.15) is 12.1 Å². The summed E-state index contributed by atoms with van der Waals surface area (Å²) in [5.41, 5.74) is -2.92. The molecule has 0 aromatic heterocycles. The molecule has 0 atom stereocenters. The molecule has 4 saturated carbocycles. The molecule has 5 fully saturated rings. The minimum atomic E-state index is -4.78. The maximum atomic E-state index is 13.5. The molecule has 250 valence electrons. The zero-order valence-corrected chi connectivity index (χ0v) is 27.1. The third-order valence-corrected chi connectivity index (χ3v) is 10.6. The highest BCUT2D eigenvalue weighted by atomic mass is 32.1. The standard InChI is InChI=1S/C33H41F3N4O5S/c1-32(2)30(43)40(25-6-5-22(19-37)27(17-25)33(34,35)36)31(46)39(32)8-3-4-28(41)38-7-9-44-10-11-45-29(42)18-26-23-13-20-12-21(15-23)16-24(26)14-20/h5-6,17,20-21,23-24,26H,3-4,7-16,18H2,1-2H3,(H,38,41). The molecule has 1 aromatic carbocycles. The van der Waals surface area contributed by atoms with Crippen molar-refractivity contribution in [2.75, 3.05) is 37.8 Å². The van der Waals surface area contributed by atoms with Crippen molar-refractivity contribution >= 4 is 40.8 Å². The summed E-state index contributed by atoms with van der Waals surface area (Å²) in [7, 11) is 0. The van der Waals surface area contributed by atoms with Crippen LogP contribution in [0.2, 0.25) is 0 Å². The summed E-state index contributed by atoms with van der Waals surface area (Å²) in [6.45, 7) is 4.44. The van der Waals surface area contributed by atoms with Gasteiger partial charge in [-0.3, -0.25) is 19.3 Å². The number of esters is 1. The molecule has 1 heterocycles. The number of rotatable bonds is 13.